The first-order valence-electron chi connectivity index (χ1n) is 10.4. The van der Waals surface area contributed by atoms with Crippen LogP contribution in [0.15, 0.2) is 59.4 Å². The van der Waals surface area contributed by atoms with Gasteiger partial charge in [-0.05, 0) is 42.0 Å². The predicted molar refractivity (Wildman–Crippen MR) is 131 cm³/mol. The highest BCUT2D eigenvalue weighted by atomic mass is 32.2. The number of nitrogens with zero attached hydrogens (tertiary/aromatic N) is 1. The summed E-state index contributed by atoms with van der Waals surface area (Å²) in [6.07, 6.45) is -1.38. The van der Waals surface area contributed by atoms with Crippen molar-refractivity contribution in [2.75, 3.05) is 12.9 Å². The van der Waals surface area contributed by atoms with Crippen LogP contribution in [0, 0.1) is 0 Å². The summed E-state index contributed by atoms with van der Waals surface area (Å²) in [6, 6.07) is 12.3. The second-order valence-corrected chi connectivity index (χ2v) is 8.93. The Hall–Kier alpha value is -3.38. The number of nitrogens with one attached hydrogen (secondary N) is 1. The zero-order valence-electron chi connectivity index (χ0n) is 19.0. The predicted octanol–water partition coefficient (Wildman–Crippen LogP) is 4.71. The molecule has 2 N–H and O–H groups in total. The van der Waals surface area contributed by atoms with Crippen molar-refractivity contribution in [2.24, 2.45) is 0 Å². The Kier molecular flexibility index (Phi) is 11.4. The SMILES string of the molecule is CSC(Cc1ccc(OCCc2cccc(C(F)(F)F)c2)cc1)C(=O)NC=O.O=C(O)c1cscn1. The van der Waals surface area contributed by atoms with E-state index in [1.165, 1.54) is 40.1 Å². The highest BCUT2D eigenvalue weighted by Crippen LogP contribution is 2.29. The lowest BCUT2D eigenvalue weighted by Crippen LogP contribution is -2.32. The first-order valence-corrected chi connectivity index (χ1v) is 12.6. The van der Waals surface area contributed by atoms with Gasteiger partial charge in [0.05, 0.1) is 22.9 Å². The first-order chi connectivity index (χ1) is 17.1. The number of carboxylic acids is 1. The number of carbonyl (C=O) groups excluding carboxylic acids is 2. The van der Waals surface area contributed by atoms with Crippen molar-refractivity contribution in [3.05, 3.63) is 81.8 Å². The minimum absolute atomic E-state index is 0.120. The van der Waals surface area contributed by atoms with Crippen LogP contribution in [0.5, 0.6) is 5.75 Å². The van der Waals surface area contributed by atoms with Gasteiger partial charge >= 0.3 is 12.1 Å². The Labute approximate surface area is 213 Å². The highest BCUT2D eigenvalue weighted by Gasteiger charge is 2.30. The van der Waals surface area contributed by atoms with E-state index in [0.717, 1.165) is 17.7 Å². The number of thiazole rings is 1. The molecule has 1 aromatic heterocycles. The van der Waals surface area contributed by atoms with Crippen LogP contribution in [0.2, 0.25) is 0 Å². The molecule has 192 valence electrons. The fourth-order valence-corrected chi connectivity index (χ4v) is 4.05. The van der Waals surface area contributed by atoms with E-state index in [4.69, 9.17) is 9.84 Å². The molecule has 0 fully saturated rings. The van der Waals surface area contributed by atoms with Gasteiger partial charge in [-0.1, -0.05) is 30.3 Å². The van der Waals surface area contributed by atoms with E-state index in [2.05, 4.69) is 10.3 Å². The van der Waals surface area contributed by atoms with Gasteiger partial charge in [0.2, 0.25) is 12.3 Å². The molecule has 0 bridgehead atoms. The maximum atomic E-state index is 12.7. The van der Waals surface area contributed by atoms with E-state index in [1.54, 1.807) is 24.5 Å². The van der Waals surface area contributed by atoms with Crippen molar-refractivity contribution in [1.82, 2.24) is 10.3 Å². The van der Waals surface area contributed by atoms with Crippen LogP contribution in [0.4, 0.5) is 13.2 Å². The fraction of sp³-hybridized carbons (Fsp3) is 0.250. The van der Waals surface area contributed by atoms with Crippen LogP contribution in [0.25, 0.3) is 0 Å². The van der Waals surface area contributed by atoms with Gasteiger partial charge in [0.25, 0.3) is 0 Å². The standard InChI is InChI=1S/C20H20F3NO3S.C4H3NO2S/c1-28-18(19(26)24-13-25)12-15-5-7-17(8-6-15)27-10-9-14-3-2-4-16(11-14)20(21,22)23;6-4(7)3-1-8-2-5-3/h2-8,11,13,18H,9-10,12H2,1H3,(H,24,25,26);1-2H,(H,6,7). The highest BCUT2D eigenvalue weighted by molar-refractivity contribution is 7.99. The van der Waals surface area contributed by atoms with Gasteiger partial charge in [0.15, 0.2) is 5.69 Å². The molecule has 36 heavy (non-hydrogen) atoms. The van der Waals surface area contributed by atoms with Gasteiger partial charge in [0, 0.05) is 11.8 Å². The minimum atomic E-state index is -4.36. The molecular weight excluding hydrogens is 517 g/mol. The van der Waals surface area contributed by atoms with Gasteiger partial charge in [-0.25, -0.2) is 9.78 Å². The van der Waals surface area contributed by atoms with Gasteiger partial charge in [-0.2, -0.15) is 24.9 Å². The number of ether oxygens (including phenoxy) is 1. The Morgan fingerprint density at radius 2 is 1.92 bits per heavy atom. The average Bonchev–Trinajstić information content (AvgIpc) is 3.39. The third kappa shape index (κ3) is 9.70. The van der Waals surface area contributed by atoms with Crippen LogP contribution in [0.3, 0.4) is 0 Å². The average molecular weight is 541 g/mol. The number of aromatic nitrogens is 1. The smallest absolute Gasteiger partial charge is 0.416 e. The normalized spacial score (nSPS) is 11.6. The van der Waals surface area contributed by atoms with Crippen molar-refractivity contribution in [3.8, 4) is 5.75 Å². The Morgan fingerprint density at radius 1 is 1.19 bits per heavy atom. The number of thioether (sulfide) groups is 1. The molecule has 12 heteroatoms. The molecule has 2 amide bonds. The molecule has 0 radical (unpaired) electrons. The van der Waals surface area contributed by atoms with Crippen molar-refractivity contribution < 1.29 is 37.4 Å². The third-order valence-corrected chi connectivity index (χ3v) is 6.22. The van der Waals surface area contributed by atoms with Crippen molar-refractivity contribution in [2.45, 2.75) is 24.3 Å². The number of amides is 2. The molecular formula is C24H23F3N2O5S2. The Balaban J connectivity index is 0.000000482. The van der Waals surface area contributed by atoms with E-state index in [-0.39, 0.29) is 23.5 Å². The monoisotopic (exact) mass is 540 g/mol. The number of alkyl halides is 3. The van der Waals surface area contributed by atoms with Crippen LogP contribution in [-0.2, 0) is 28.6 Å². The van der Waals surface area contributed by atoms with E-state index >= 15 is 0 Å². The van der Waals surface area contributed by atoms with Crippen molar-refractivity contribution >= 4 is 41.4 Å². The molecule has 1 atom stereocenters. The number of benzene rings is 2. The molecule has 3 aromatic rings. The maximum Gasteiger partial charge on any atom is 0.416 e. The minimum Gasteiger partial charge on any atom is -0.493 e. The van der Waals surface area contributed by atoms with Crippen molar-refractivity contribution in [3.63, 3.8) is 0 Å². The summed E-state index contributed by atoms with van der Waals surface area (Å²) >= 11 is 2.63. The van der Waals surface area contributed by atoms with Gasteiger partial charge in [-0.15, -0.1) is 11.3 Å². The zero-order chi connectivity index (χ0) is 26.6. The van der Waals surface area contributed by atoms with Gasteiger partial charge in [-0.3, -0.25) is 14.9 Å². The van der Waals surface area contributed by atoms with Crippen LogP contribution in [0.1, 0.15) is 27.2 Å². The molecule has 2 aromatic carbocycles. The largest absolute Gasteiger partial charge is 0.493 e. The molecule has 1 heterocycles. The summed E-state index contributed by atoms with van der Waals surface area (Å²) in [5.74, 6) is -0.719. The number of aromatic carboxylic acids is 1. The Bertz CT molecular complexity index is 1120. The van der Waals surface area contributed by atoms with Crippen LogP contribution < -0.4 is 10.1 Å². The number of rotatable bonds is 10. The molecule has 3 rings (SSSR count). The zero-order valence-corrected chi connectivity index (χ0v) is 20.7. The molecule has 7 nitrogen and oxygen atoms in total. The molecule has 0 aliphatic heterocycles. The van der Waals surface area contributed by atoms with Gasteiger partial charge < -0.3 is 9.84 Å². The van der Waals surface area contributed by atoms with Gasteiger partial charge in [0.1, 0.15) is 5.75 Å². The Morgan fingerprint density at radius 3 is 2.44 bits per heavy atom. The van der Waals surface area contributed by atoms with E-state index < -0.39 is 17.7 Å². The molecule has 0 saturated heterocycles. The topological polar surface area (TPSA) is 106 Å². The lowest BCUT2D eigenvalue weighted by Gasteiger charge is -2.13. The second-order valence-electron chi connectivity index (χ2n) is 7.17. The van der Waals surface area contributed by atoms with Crippen LogP contribution >= 0.6 is 23.1 Å². The summed E-state index contributed by atoms with van der Waals surface area (Å²) in [4.78, 5) is 35.7. The first kappa shape index (κ1) is 28.9. The number of carboxylic acid groups (broad SMARTS) is 1. The molecule has 1 unspecified atom stereocenters. The summed E-state index contributed by atoms with van der Waals surface area (Å²) in [5, 5.41) is 11.5. The molecule has 0 saturated carbocycles. The number of imide groups is 1. The summed E-state index contributed by atoms with van der Waals surface area (Å²) in [5.41, 5.74) is 2.40. The summed E-state index contributed by atoms with van der Waals surface area (Å²) in [6.45, 7) is 0.246. The maximum absolute atomic E-state index is 12.7. The van der Waals surface area contributed by atoms with E-state index in [1.807, 2.05) is 12.1 Å². The summed E-state index contributed by atoms with van der Waals surface area (Å²) < 4.78 is 43.8. The summed E-state index contributed by atoms with van der Waals surface area (Å²) in [7, 11) is 0. The molecule has 0 aliphatic carbocycles. The lowest BCUT2D eigenvalue weighted by atomic mass is 10.1. The van der Waals surface area contributed by atoms with Crippen LogP contribution in [-0.4, -0.2) is 46.5 Å². The number of halogens is 3. The molecule has 0 spiro atoms. The molecule has 0 aliphatic rings. The quantitative estimate of drug-likeness (QED) is 0.359. The second kappa shape index (κ2) is 14.2. The number of carbonyl (C=O) groups is 3. The number of hydrogen-bond acceptors (Lipinski definition) is 7. The van der Waals surface area contributed by atoms with Crippen molar-refractivity contribution in [1.29, 1.82) is 0 Å². The lowest BCUT2D eigenvalue weighted by molar-refractivity contribution is -0.137. The number of hydrogen-bond donors (Lipinski definition) is 2. The van der Waals surface area contributed by atoms with E-state index in [0.29, 0.717) is 30.6 Å². The van der Waals surface area contributed by atoms with E-state index in [9.17, 15) is 27.6 Å². The fourth-order valence-electron chi connectivity index (χ4n) is 2.88. The third-order valence-electron chi connectivity index (χ3n) is 4.69.